The van der Waals surface area contributed by atoms with Crippen molar-refractivity contribution in [3.05, 3.63) is 40.5 Å². The lowest BCUT2D eigenvalue weighted by atomic mass is 9.88. The van der Waals surface area contributed by atoms with Gasteiger partial charge in [-0.1, -0.05) is 6.92 Å². The Bertz CT molecular complexity index is 887. The van der Waals surface area contributed by atoms with E-state index in [0.717, 1.165) is 30.5 Å². The fourth-order valence-electron chi connectivity index (χ4n) is 3.51. The second-order valence-corrected chi connectivity index (χ2v) is 9.29. The molecule has 1 unspecified atom stereocenters. The lowest BCUT2D eigenvalue weighted by Crippen LogP contribution is -2.39. The van der Waals surface area contributed by atoms with Gasteiger partial charge in [0.15, 0.2) is 12.4 Å². The molecule has 6 nitrogen and oxygen atoms in total. The van der Waals surface area contributed by atoms with Gasteiger partial charge in [-0.15, -0.1) is 11.3 Å². The zero-order chi connectivity index (χ0) is 21.1. The van der Waals surface area contributed by atoms with E-state index in [-0.39, 0.29) is 24.5 Å². The number of rotatable bonds is 6. The molecule has 0 saturated heterocycles. The summed E-state index contributed by atoms with van der Waals surface area (Å²) >= 11 is 1.52. The lowest BCUT2D eigenvalue weighted by Gasteiger charge is -2.18. The van der Waals surface area contributed by atoms with Crippen LogP contribution in [0.25, 0.3) is 0 Å². The van der Waals surface area contributed by atoms with E-state index in [4.69, 9.17) is 4.74 Å². The molecule has 0 aromatic carbocycles. The summed E-state index contributed by atoms with van der Waals surface area (Å²) < 4.78 is 7.29. The van der Waals surface area contributed by atoms with Crippen molar-refractivity contribution in [1.29, 1.82) is 0 Å². The highest BCUT2D eigenvalue weighted by atomic mass is 32.1. The van der Waals surface area contributed by atoms with Crippen LogP contribution in [0.3, 0.4) is 0 Å². The van der Waals surface area contributed by atoms with E-state index < -0.39 is 0 Å². The molecule has 1 aliphatic rings. The number of ether oxygens (including phenoxy) is 1. The van der Waals surface area contributed by atoms with Crippen molar-refractivity contribution < 1.29 is 18.9 Å². The zero-order valence-corrected chi connectivity index (χ0v) is 18.6. The number of thiophene rings is 1. The van der Waals surface area contributed by atoms with Crippen molar-refractivity contribution in [2.24, 2.45) is 5.92 Å². The molecule has 1 aliphatic carbocycles. The Morgan fingerprint density at radius 3 is 2.62 bits per heavy atom. The summed E-state index contributed by atoms with van der Waals surface area (Å²) in [5, 5.41) is 3.59. The van der Waals surface area contributed by atoms with E-state index in [0.29, 0.717) is 16.5 Å². The van der Waals surface area contributed by atoms with Gasteiger partial charge < -0.3 is 15.0 Å². The molecule has 0 aliphatic heterocycles. The van der Waals surface area contributed by atoms with Crippen molar-refractivity contribution in [2.45, 2.75) is 52.7 Å². The minimum Gasteiger partial charge on any atom is -0.459 e. The maximum atomic E-state index is 12.8. The number of carbonyl (C=O) groups excluding carboxylic acids is 2. The molecule has 0 saturated carbocycles. The van der Waals surface area contributed by atoms with E-state index >= 15 is 0 Å². The van der Waals surface area contributed by atoms with Gasteiger partial charge >= 0.3 is 5.97 Å². The Morgan fingerprint density at radius 1 is 1.31 bits per heavy atom. The largest absolute Gasteiger partial charge is 0.459 e. The number of fused-ring (bicyclic) bond motifs is 1. The van der Waals surface area contributed by atoms with Crippen LogP contribution in [0.1, 0.15) is 48.0 Å². The summed E-state index contributed by atoms with van der Waals surface area (Å²) in [5.41, 5.74) is 2.67. The number of aromatic nitrogens is 1. The molecular formula is C22H30N3O3S+. The monoisotopic (exact) mass is 416 g/mol. The first-order valence-electron chi connectivity index (χ1n) is 10.1. The summed E-state index contributed by atoms with van der Waals surface area (Å²) in [4.78, 5) is 28.6. The highest BCUT2D eigenvalue weighted by Gasteiger charge is 2.30. The Balaban J connectivity index is 1.80. The summed E-state index contributed by atoms with van der Waals surface area (Å²) in [6, 6.07) is 3.92. The van der Waals surface area contributed by atoms with Gasteiger partial charge in [0.05, 0.1) is 11.7 Å². The van der Waals surface area contributed by atoms with Crippen LogP contribution in [-0.4, -0.2) is 32.1 Å². The van der Waals surface area contributed by atoms with Gasteiger partial charge in [-0.25, -0.2) is 4.79 Å². The first-order chi connectivity index (χ1) is 13.7. The van der Waals surface area contributed by atoms with Gasteiger partial charge in [0, 0.05) is 36.8 Å². The fraction of sp³-hybridized carbons (Fsp3) is 0.500. The van der Waals surface area contributed by atoms with E-state index in [1.165, 1.54) is 16.2 Å². The quantitative estimate of drug-likeness (QED) is 0.579. The predicted octanol–water partition coefficient (Wildman–Crippen LogP) is 3.43. The number of pyridine rings is 1. The van der Waals surface area contributed by atoms with Gasteiger partial charge in [-0.2, -0.15) is 4.57 Å². The average Bonchev–Trinajstić information content (AvgIpc) is 2.98. The highest BCUT2D eigenvalue weighted by Crippen LogP contribution is 2.40. The molecule has 2 heterocycles. The SMILES string of the molecule is CC1CCc2c(sc(NC(=O)C[n+]3ccc(N(C)C)cc3)c2C(=O)OC(C)C)C1. The number of hydrogen-bond donors (Lipinski definition) is 1. The number of nitrogens with zero attached hydrogens (tertiary/aromatic N) is 2. The minimum absolute atomic E-state index is 0.155. The molecule has 1 N–H and O–H groups in total. The number of hydrogen-bond acceptors (Lipinski definition) is 5. The van der Waals surface area contributed by atoms with E-state index in [2.05, 4.69) is 12.2 Å². The number of anilines is 2. The molecule has 29 heavy (non-hydrogen) atoms. The van der Waals surface area contributed by atoms with Gasteiger partial charge in [-0.3, -0.25) is 4.79 Å². The van der Waals surface area contributed by atoms with Crippen LogP contribution in [0.15, 0.2) is 24.5 Å². The van der Waals surface area contributed by atoms with E-state index in [9.17, 15) is 9.59 Å². The van der Waals surface area contributed by atoms with Crippen LogP contribution < -0.4 is 14.8 Å². The molecule has 0 bridgehead atoms. The maximum absolute atomic E-state index is 12.8. The number of carbonyl (C=O) groups is 2. The summed E-state index contributed by atoms with van der Waals surface area (Å²) in [5.74, 6) is 0.0904. The predicted molar refractivity (Wildman–Crippen MR) is 116 cm³/mol. The third-order valence-electron chi connectivity index (χ3n) is 5.03. The average molecular weight is 417 g/mol. The first kappa shape index (κ1) is 21.3. The zero-order valence-electron chi connectivity index (χ0n) is 17.8. The molecule has 3 rings (SSSR count). The second kappa shape index (κ2) is 8.95. The van der Waals surface area contributed by atoms with Crippen molar-refractivity contribution in [1.82, 2.24) is 0 Å². The van der Waals surface area contributed by atoms with Crippen molar-refractivity contribution in [3.8, 4) is 0 Å². The normalized spacial score (nSPS) is 15.7. The molecule has 7 heteroatoms. The Kier molecular flexibility index (Phi) is 6.57. The molecule has 2 aromatic rings. The summed E-state index contributed by atoms with van der Waals surface area (Å²) in [7, 11) is 3.95. The van der Waals surface area contributed by atoms with Gasteiger partial charge in [0.25, 0.3) is 5.91 Å². The standard InChI is InChI=1S/C22H29N3O3S/c1-14(2)28-22(27)20-17-7-6-15(3)12-18(17)29-21(20)23-19(26)13-25-10-8-16(9-11-25)24(4)5/h8-11,14-15H,6-7,12-13H2,1-5H3/p+1. The molecule has 1 atom stereocenters. The van der Waals surface area contributed by atoms with Crippen LogP contribution in [0, 0.1) is 5.92 Å². The molecule has 0 spiro atoms. The maximum Gasteiger partial charge on any atom is 0.341 e. The summed E-state index contributed by atoms with van der Waals surface area (Å²) in [6.45, 7) is 6.09. The molecule has 0 radical (unpaired) electrons. The topological polar surface area (TPSA) is 62.5 Å². The smallest absolute Gasteiger partial charge is 0.341 e. The third-order valence-corrected chi connectivity index (χ3v) is 6.20. The first-order valence-corrected chi connectivity index (χ1v) is 10.9. The molecular weight excluding hydrogens is 386 g/mol. The van der Waals surface area contributed by atoms with Crippen LogP contribution in [0.4, 0.5) is 10.7 Å². The van der Waals surface area contributed by atoms with Crippen LogP contribution in [0.5, 0.6) is 0 Å². The Morgan fingerprint density at radius 2 is 2.00 bits per heavy atom. The third kappa shape index (κ3) is 5.15. The lowest BCUT2D eigenvalue weighted by molar-refractivity contribution is -0.684. The van der Waals surface area contributed by atoms with Crippen molar-refractivity contribution in [3.63, 3.8) is 0 Å². The second-order valence-electron chi connectivity index (χ2n) is 8.18. The number of esters is 1. The molecule has 2 aromatic heterocycles. The summed E-state index contributed by atoms with van der Waals surface area (Å²) in [6.07, 6.45) is 6.40. The molecule has 1 amide bonds. The van der Waals surface area contributed by atoms with Gasteiger partial charge in [0.2, 0.25) is 6.54 Å². The van der Waals surface area contributed by atoms with Crippen molar-refractivity contribution >= 4 is 33.9 Å². The van der Waals surface area contributed by atoms with Gasteiger partial charge in [-0.05, 0) is 44.6 Å². The number of nitrogens with one attached hydrogen (secondary N) is 1. The molecule has 156 valence electrons. The van der Waals surface area contributed by atoms with E-state index in [1.54, 1.807) is 0 Å². The van der Waals surface area contributed by atoms with Crippen LogP contribution in [0.2, 0.25) is 0 Å². The van der Waals surface area contributed by atoms with Crippen molar-refractivity contribution in [2.75, 3.05) is 24.3 Å². The Labute approximate surface area is 176 Å². The minimum atomic E-state index is -0.342. The van der Waals surface area contributed by atoms with Crippen LogP contribution in [-0.2, 0) is 28.9 Å². The fourth-order valence-corrected chi connectivity index (χ4v) is 4.93. The van der Waals surface area contributed by atoms with Gasteiger partial charge in [0.1, 0.15) is 5.00 Å². The molecule has 0 fully saturated rings. The van der Waals surface area contributed by atoms with E-state index in [1.807, 2.05) is 61.9 Å². The van der Waals surface area contributed by atoms with Crippen LogP contribution >= 0.6 is 11.3 Å². The highest BCUT2D eigenvalue weighted by molar-refractivity contribution is 7.17. The Hall–Kier alpha value is -2.41. The number of amides is 1.